The maximum absolute atomic E-state index is 13.0. The monoisotopic (exact) mass is 728 g/mol. The van der Waals surface area contributed by atoms with Crippen LogP contribution in [0, 0.1) is 29.1 Å². The molecule has 2 aliphatic carbocycles. The molecular formula is C44H73NO7. The van der Waals surface area contributed by atoms with Gasteiger partial charge in [-0.1, -0.05) is 76.5 Å². The lowest BCUT2D eigenvalue weighted by Gasteiger charge is -2.50. The maximum Gasteiger partial charge on any atom is 0.508 e. The number of fused-ring (bicyclic) bond motifs is 2. The summed E-state index contributed by atoms with van der Waals surface area (Å²) < 4.78 is 22.0. The molecule has 1 saturated heterocycles. The van der Waals surface area contributed by atoms with Gasteiger partial charge in [0.1, 0.15) is 19.8 Å². The average Bonchev–Trinajstić information content (AvgIpc) is 3.63. The highest BCUT2D eigenvalue weighted by Crippen LogP contribution is 2.55. The summed E-state index contributed by atoms with van der Waals surface area (Å²) in [4.78, 5) is 40.3. The van der Waals surface area contributed by atoms with Crippen LogP contribution >= 0.6 is 0 Å². The van der Waals surface area contributed by atoms with Crippen LogP contribution in [0.4, 0.5) is 4.79 Å². The Morgan fingerprint density at radius 1 is 0.692 bits per heavy atom. The first-order valence-corrected chi connectivity index (χ1v) is 21.0. The maximum atomic E-state index is 13.0. The first-order chi connectivity index (χ1) is 25.3. The van der Waals surface area contributed by atoms with Crippen LogP contribution < -0.4 is 0 Å². The number of hydrogen-bond donors (Lipinski definition) is 0. The molecule has 0 radical (unpaired) electrons. The molecule has 2 saturated carbocycles. The average molecular weight is 728 g/mol. The quantitative estimate of drug-likeness (QED) is 0.0376. The van der Waals surface area contributed by atoms with Crippen molar-refractivity contribution in [1.29, 1.82) is 0 Å². The standard InChI is InChI=1S/C44H73NO7/c1-4-5-6-7-8-9-10-11-12-13-14-15-16-17-18-22-41(46)50-34-40(36-52-43(48)49-28-21-27-45-25-19-20-26-45)35-51-42(47)23-24-44-31-37(2)29-39(33-44)30-38(3)32-44/h5-6,8-9,11-12,37-40H,4,7,10,13-36H2,1-3H3/b6-5-,9-8-,12-11-/t37-,38+,39-,40?,44?. The predicted molar refractivity (Wildman–Crippen MR) is 209 cm³/mol. The number of carbonyl (C=O) groups excluding carboxylic acids is 3. The molecule has 0 aromatic carbocycles. The van der Waals surface area contributed by atoms with Gasteiger partial charge >= 0.3 is 18.1 Å². The summed E-state index contributed by atoms with van der Waals surface area (Å²) in [5.41, 5.74) is 0.246. The van der Waals surface area contributed by atoms with E-state index < -0.39 is 12.1 Å². The lowest BCUT2D eigenvalue weighted by atomic mass is 9.55. The molecular weight excluding hydrogens is 654 g/mol. The Hall–Kier alpha value is -2.61. The van der Waals surface area contributed by atoms with Gasteiger partial charge in [0.25, 0.3) is 0 Å². The van der Waals surface area contributed by atoms with Crippen LogP contribution in [0.2, 0.25) is 0 Å². The van der Waals surface area contributed by atoms with Crippen LogP contribution in [-0.4, -0.2) is 69.1 Å². The molecule has 8 heteroatoms. The molecule has 0 spiro atoms. The zero-order chi connectivity index (χ0) is 37.3. The molecule has 0 aromatic rings. The van der Waals surface area contributed by atoms with Crippen molar-refractivity contribution in [1.82, 2.24) is 4.90 Å². The number of allylic oxidation sites excluding steroid dienone is 6. The van der Waals surface area contributed by atoms with E-state index in [2.05, 4.69) is 62.1 Å². The minimum Gasteiger partial charge on any atom is -0.465 e. The number of esters is 2. The van der Waals surface area contributed by atoms with E-state index in [1.54, 1.807) is 0 Å². The lowest BCUT2D eigenvalue weighted by molar-refractivity contribution is -0.150. The second-order valence-electron chi connectivity index (χ2n) is 16.3. The molecule has 3 fully saturated rings. The van der Waals surface area contributed by atoms with E-state index in [0.29, 0.717) is 31.3 Å². The fourth-order valence-electron chi connectivity index (χ4n) is 8.86. The molecule has 0 amide bonds. The number of hydrogen-bond acceptors (Lipinski definition) is 8. The topological polar surface area (TPSA) is 91.4 Å². The third kappa shape index (κ3) is 19.5. The van der Waals surface area contributed by atoms with Crippen molar-refractivity contribution < 1.29 is 33.3 Å². The van der Waals surface area contributed by atoms with Gasteiger partial charge in [0.15, 0.2) is 0 Å². The lowest BCUT2D eigenvalue weighted by Crippen LogP contribution is -2.39. The molecule has 296 valence electrons. The van der Waals surface area contributed by atoms with Crippen molar-refractivity contribution in [3.05, 3.63) is 36.5 Å². The van der Waals surface area contributed by atoms with Crippen molar-refractivity contribution in [3.8, 4) is 0 Å². The molecule has 3 aliphatic rings. The van der Waals surface area contributed by atoms with E-state index in [4.69, 9.17) is 18.9 Å². The third-order valence-corrected chi connectivity index (χ3v) is 11.1. The van der Waals surface area contributed by atoms with Gasteiger partial charge in [0.05, 0.1) is 12.5 Å². The number of rotatable bonds is 26. The summed E-state index contributed by atoms with van der Waals surface area (Å²) in [6.07, 6.45) is 33.0. The largest absolute Gasteiger partial charge is 0.508 e. The molecule has 2 bridgehead atoms. The molecule has 1 heterocycles. The van der Waals surface area contributed by atoms with Crippen LogP contribution in [0.5, 0.6) is 0 Å². The van der Waals surface area contributed by atoms with Crippen LogP contribution in [0.15, 0.2) is 36.5 Å². The van der Waals surface area contributed by atoms with E-state index in [0.717, 1.165) is 96.2 Å². The summed E-state index contributed by atoms with van der Waals surface area (Å²) in [7, 11) is 0. The van der Waals surface area contributed by atoms with Crippen molar-refractivity contribution in [2.45, 2.75) is 149 Å². The minimum absolute atomic E-state index is 0.0337. The van der Waals surface area contributed by atoms with Gasteiger partial charge in [-0.2, -0.15) is 0 Å². The van der Waals surface area contributed by atoms with Gasteiger partial charge < -0.3 is 23.8 Å². The molecule has 8 nitrogen and oxygen atoms in total. The zero-order valence-electron chi connectivity index (χ0n) is 33.2. The second kappa shape index (κ2) is 26.2. The summed E-state index contributed by atoms with van der Waals surface area (Å²) in [6, 6.07) is 0. The highest BCUT2D eigenvalue weighted by atomic mass is 16.7. The fraction of sp³-hybridized carbons (Fsp3) is 0.795. The Labute approximate surface area is 316 Å². The highest BCUT2D eigenvalue weighted by Gasteiger charge is 2.44. The Morgan fingerprint density at radius 2 is 1.29 bits per heavy atom. The van der Waals surface area contributed by atoms with Crippen LogP contribution in [0.1, 0.15) is 149 Å². The van der Waals surface area contributed by atoms with Crippen molar-refractivity contribution in [2.24, 2.45) is 29.1 Å². The van der Waals surface area contributed by atoms with Crippen molar-refractivity contribution in [2.75, 3.05) is 46.1 Å². The van der Waals surface area contributed by atoms with E-state index >= 15 is 0 Å². The van der Waals surface area contributed by atoms with Gasteiger partial charge in [0, 0.05) is 19.4 Å². The van der Waals surface area contributed by atoms with Gasteiger partial charge in [-0.3, -0.25) is 9.59 Å². The Morgan fingerprint density at radius 3 is 1.98 bits per heavy atom. The molecule has 5 atom stereocenters. The minimum atomic E-state index is -0.738. The summed E-state index contributed by atoms with van der Waals surface area (Å²) >= 11 is 0. The summed E-state index contributed by atoms with van der Waals surface area (Å²) in [5.74, 6) is 1.25. The molecule has 1 aliphatic heterocycles. The molecule has 2 unspecified atom stereocenters. The van der Waals surface area contributed by atoms with E-state index in [-0.39, 0.29) is 37.2 Å². The van der Waals surface area contributed by atoms with Crippen LogP contribution in [0.25, 0.3) is 0 Å². The van der Waals surface area contributed by atoms with E-state index in [9.17, 15) is 14.4 Å². The number of carbonyl (C=O) groups is 3. The fourth-order valence-corrected chi connectivity index (χ4v) is 8.86. The third-order valence-electron chi connectivity index (χ3n) is 11.1. The second-order valence-corrected chi connectivity index (χ2v) is 16.3. The number of nitrogens with zero attached hydrogens (tertiary/aromatic N) is 1. The van der Waals surface area contributed by atoms with Gasteiger partial charge in [-0.15, -0.1) is 0 Å². The van der Waals surface area contributed by atoms with Crippen molar-refractivity contribution in [3.63, 3.8) is 0 Å². The highest BCUT2D eigenvalue weighted by molar-refractivity contribution is 5.70. The first kappa shape index (κ1) is 43.8. The molecule has 3 rings (SSSR count). The predicted octanol–water partition coefficient (Wildman–Crippen LogP) is 10.6. The molecule has 52 heavy (non-hydrogen) atoms. The van der Waals surface area contributed by atoms with Crippen molar-refractivity contribution >= 4 is 18.1 Å². The zero-order valence-corrected chi connectivity index (χ0v) is 33.2. The number of ether oxygens (including phenoxy) is 4. The summed E-state index contributed by atoms with van der Waals surface area (Å²) in [5, 5.41) is 0. The van der Waals surface area contributed by atoms with Crippen LogP contribution in [0.3, 0.4) is 0 Å². The van der Waals surface area contributed by atoms with Gasteiger partial charge in [-0.25, -0.2) is 4.79 Å². The number of likely N-dealkylation sites (tertiary alicyclic amines) is 1. The van der Waals surface area contributed by atoms with E-state index in [1.807, 2.05) is 0 Å². The SMILES string of the molecule is CC/C=C\C/C=C\C/C=C\CCCCCCCC(=O)OCC(COC(=O)CCC12C[C@H](C)C[C@H](C[C@H](C)C1)C2)COC(=O)OCCCN1CCCC1. The van der Waals surface area contributed by atoms with Gasteiger partial charge in [0.2, 0.25) is 0 Å². The molecule has 0 aromatic heterocycles. The molecule has 0 N–H and O–H groups in total. The smallest absolute Gasteiger partial charge is 0.465 e. The Balaban J connectivity index is 1.32. The first-order valence-electron chi connectivity index (χ1n) is 21.0. The van der Waals surface area contributed by atoms with E-state index in [1.165, 1.54) is 44.9 Å². The Kier molecular flexibility index (Phi) is 22.1. The Bertz CT molecular complexity index is 1070. The van der Waals surface area contributed by atoms with Crippen LogP contribution in [-0.2, 0) is 28.5 Å². The normalized spacial score (nSPS) is 24.1. The van der Waals surface area contributed by atoms with Gasteiger partial charge in [-0.05, 0) is 133 Å². The number of unbranched alkanes of at least 4 members (excludes halogenated alkanes) is 5. The summed E-state index contributed by atoms with van der Waals surface area (Å²) in [6.45, 7) is 10.3.